The maximum atomic E-state index is 12.5. The number of rotatable bonds is 3. The van der Waals surface area contributed by atoms with Gasteiger partial charge in [-0.3, -0.25) is 4.90 Å². The molecule has 2 aliphatic heterocycles. The van der Waals surface area contributed by atoms with Crippen molar-refractivity contribution in [2.75, 3.05) is 26.2 Å². The highest BCUT2D eigenvalue weighted by atomic mass is 19.4. The number of piperidine rings is 1. The third-order valence-electron chi connectivity index (χ3n) is 5.32. The van der Waals surface area contributed by atoms with E-state index in [1.165, 1.54) is 4.90 Å². The van der Waals surface area contributed by atoms with E-state index in [0.29, 0.717) is 19.6 Å². The van der Waals surface area contributed by atoms with E-state index in [0.717, 1.165) is 45.1 Å². The van der Waals surface area contributed by atoms with Gasteiger partial charge in [0, 0.05) is 32.0 Å². The normalized spacial score (nSPS) is 21.8. The highest BCUT2D eigenvalue weighted by molar-refractivity contribution is 5.68. The Bertz CT molecular complexity index is 618. The van der Waals surface area contributed by atoms with Gasteiger partial charge in [0.2, 0.25) is 0 Å². The lowest BCUT2D eigenvalue weighted by Gasteiger charge is -2.39. The molecule has 0 bridgehead atoms. The largest absolute Gasteiger partial charge is 0.437 e. The number of carbonyl (C=O) groups is 1. The summed E-state index contributed by atoms with van der Waals surface area (Å²) in [6.45, 7) is 4.24. The first-order valence-corrected chi connectivity index (χ1v) is 8.78. The van der Waals surface area contributed by atoms with Gasteiger partial charge in [-0.15, -0.1) is 0 Å². The summed E-state index contributed by atoms with van der Waals surface area (Å²) in [5.74, 6) is 0.784. The lowest BCUT2D eigenvalue weighted by molar-refractivity contribution is -0.200. The second kappa shape index (κ2) is 7.38. The van der Waals surface area contributed by atoms with Gasteiger partial charge in [-0.05, 0) is 44.2 Å². The van der Waals surface area contributed by atoms with Gasteiger partial charge in [0.1, 0.15) is 5.82 Å². The molecule has 0 aromatic carbocycles. The van der Waals surface area contributed by atoms with Gasteiger partial charge in [-0.2, -0.15) is 13.2 Å². The standard InChI is InChI=1S/C17H23F3N4O2/c1-13(17(18,19)20)26-15(25)24-9-4-16(5-10-24)3-8-23(12-16)11-14-21-6-2-7-22-14/h2,6-7,13H,3-5,8-12H2,1H3. The minimum atomic E-state index is -4.53. The molecule has 9 heteroatoms. The van der Waals surface area contributed by atoms with Gasteiger partial charge >= 0.3 is 12.3 Å². The zero-order chi connectivity index (χ0) is 18.8. The fourth-order valence-electron chi connectivity index (χ4n) is 3.64. The van der Waals surface area contributed by atoms with E-state index in [-0.39, 0.29) is 5.41 Å². The highest BCUT2D eigenvalue weighted by Crippen LogP contribution is 2.40. The predicted molar refractivity (Wildman–Crippen MR) is 87.2 cm³/mol. The zero-order valence-corrected chi connectivity index (χ0v) is 14.7. The maximum absolute atomic E-state index is 12.5. The SMILES string of the molecule is CC(OC(=O)N1CCC2(CCN(Cc3ncccn3)C2)CC1)C(F)(F)F. The fraction of sp³-hybridized carbons (Fsp3) is 0.706. The van der Waals surface area contributed by atoms with E-state index >= 15 is 0 Å². The van der Waals surface area contributed by atoms with Crippen LogP contribution < -0.4 is 0 Å². The minimum absolute atomic E-state index is 0.112. The first-order chi connectivity index (χ1) is 12.3. The van der Waals surface area contributed by atoms with Crippen LogP contribution in [0.4, 0.5) is 18.0 Å². The molecule has 1 unspecified atom stereocenters. The quantitative estimate of drug-likeness (QED) is 0.817. The molecule has 0 aliphatic carbocycles. The molecule has 26 heavy (non-hydrogen) atoms. The average Bonchev–Trinajstić information content (AvgIpc) is 2.97. The second-order valence-corrected chi connectivity index (χ2v) is 7.18. The van der Waals surface area contributed by atoms with Crippen LogP contribution in [0.5, 0.6) is 0 Å². The van der Waals surface area contributed by atoms with Crippen LogP contribution in [0.2, 0.25) is 0 Å². The van der Waals surface area contributed by atoms with Crippen LogP contribution in [0.3, 0.4) is 0 Å². The van der Waals surface area contributed by atoms with Gasteiger partial charge in [-0.1, -0.05) is 0 Å². The van der Waals surface area contributed by atoms with E-state index in [1.54, 1.807) is 18.5 Å². The summed E-state index contributed by atoms with van der Waals surface area (Å²) in [7, 11) is 0. The third-order valence-corrected chi connectivity index (χ3v) is 5.32. The van der Waals surface area contributed by atoms with Gasteiger partial charge in [-0.25, -0.2) is 14.8 Å². The summed E-state index contributed by atoms with van der Waals surface area (Å²) in [6, 6.07) is 1.78. The van der Waals surface area contributed by atoms with Crippen molar-refractivity contribution in [2.24, 2.45) is 5.41 Å². The Morgan fingerprint density at radius 1 is 1.23 bits per heavy atom. The summed E-state index contributed by atoms with van der Waals surface area (Å²) < 4.78 is 42.1. The molecule has 3 rings (SSSR count). The average molecular weight is 372 g/mol. The predicted octanol–water partition coefficient (Wildman–Crippen LogP) is 2.85. The number of hydrogen-bond donors (Lipinski definition) is 0. The Morgan fingerprint density at radius 2 is 1.85 bits per heavy atom. The Balaban J connectivity index is 1.48. The van der Waals surface area contributed by atoms with E-state index in [9.17, 15) is 18.0 Å². The third kappa shape index (κ3) is 4.44. The van der Waals surface area contributed by atoms with Crippen molar-refractivity contribution in [3.63, 3.8) is 0 Å². The number of amides is 1. The van der Waals surface area contributed by atoms with E-state index in [1.807, 2.05) is 0 Å². The van der Waals surface area contributed by atoms with Crippen molar-refractivity contribution in [2.45, 2.75) is 45.0 Å². The van der Waals surface area contributed by atoms with Crippen molar-refractivity contribution >= 4 is 6.09 Å². The molecule has 1 atom stereocenters. The molecule has 6 nitrogen and oxygen atoms in total. The van der Waals surface area contributed by atoms with E-state index in [4.69, 9.17) is 0 Å². The second-order valence-electron chi connectivity index (χ2n) is 7.18. The van der Waals surface area contributed by atoms with Crippen molar-refractivity contribution in [3.05, 3.63) is 24.3 Å². The van der Waals surface area contributed by atoms with Crippen molar-refractivity contribution < 1.29 is 22.7 Å². The molecule has 2 saturated heterocycles. The van der Waals surface area contributed by atoms with Crippen LogP contribution in [-0.4, -0.2) is 64.3 Å². The van der Waals surface area contributed by atoms with Crippen LogP contribution in [0.25, 0.3) is 0 Å². The molecule has 2 aliphatic rings. The summed E-state index contributed by atoms with van der Waals surface area (Å²) in [5, 5.41) is 0. The number of aromatic nitrogens is 2. The van der Waals surface area contributed by atoms with Crippen molar-refractivity contribution in [3.8, 4) is 0 Å². The fourth-order valence-corrected chi connectivity index (χ4v) is 3.64. The number of nitrogens with zero attached hydrogens (tertiary/aromatic N) is 4. The van der Waals surface area contributed by atoms with Gasteiger partial charge in [0.25, 0.3) is 0 Å². The number of halogens is 3. The molecular weight excluding hydrogens is 349 g/mol. The molecule has 1 aromatic rings. The van der Waals surface area contributed by atoms with Crippen LogP contribution in [0.1, 0.15) is 32.0 Å². The van der Waals surface area contributed by atoms with E-state index in [2.05, 4.69) is 19.6 Å². The number of likely N-dealkylation sites (tertiary alicyclic amines) is 2. The number of ether oxygens (including phenoxy) is 1. The topological polar surface area (TPSA) is 58.6 Å². The van der Waals surface area contributed by atoms with Crippen molar-refractivity contribution in [1.29, 1.82) is 0 Å². The minimum Gasteiger partial charge on any atom is -0.437 e. The summed E-state index contributed by atoms with van der Waals surface area (Å²) in [4.78, 5) is 24.1. The summed E-state index contributed by atoms with van der Waals surface area (Å²) in [5.41, 5.74) is 0.112. The van der Waals surface area contributed by atoms with Crippen LogP contribution in [0, 0.1) is 5.41 Å². The van der Waals surface area contributed by atoms with Crippen LogP contribution >= 0.6 is 0 Å². The van der Waals surface area contributed by atoms with Gasteiger partial charge in [0.05, 0.1) is 6.54 Å². The van der Waals surface area contributed by atoms with Crippen molar-refractivity contribution in [1.82, 2.24) is 19.8 Å². The molecule has 144 valence electrons. The first-order valence-electron chi connectivity index (χ1n) is 8.78. The zero-order valence-electron chi connectivity index (χ0n) is 14.7. The Labute approximate surface area is 150 Å². The van der Waals surface area contributed by atoms with Crippen LogP contribution in [0.15, 0.2) is 18.5 Å². The Kier molecular flexibility index (Phi) is 5.36. The molecule has 0 radical (unpaired) electrons. The number of alkyl halides is 3. The molecule has 0 N–H and O–H groups in total. The maximum Gasteiger partial charge on any atom is 0.425 e. The summed E-state index contributed by atoms with van der Waals surface area (Å²) in [6.07, 6.45) is -1.49. The summed E-state index contributed by atoms with van der Waals surface area (Å²) >= 11 is 0. The lowest BCUT2D eigenvalue weighted by Crippen LogP contribution is -2.46. The molecular formula is C17H23F3N4O2. The molecule has 1 aromatic heterocycles. The smallest absolute Gasteiger partial charge is 0.425 e. The lowest BCUT2D eigenvalue weighted by atomic mass is 9.78. The van der Waals surface area contributed by atoms with Gasteiger partial charge < -0.3 is 9.64 Å². The number of hydrogen-bond acceptors (Lipinski definition) is 5. The highest BCUT2D eigenvalue weighted by Gasteiger charge is 2.43. The molecule has 1 spiro atoms. The first kappa shape index (κ1) is 18.9. The van der Waals surface area contributed by atoms with Gasteiger partial charge in [0.15, 0.2) is 6.10 Å². The molecule has 2 fully saturated rings. The molecule has 3 heterocycles. The van der Waals surface area contributed by atoms with E-state index < -0.39 is 18.4 Å². The Hall–Kier alpha value is -1.90. The van der Waals surface area contributed by atoms with Crippen LogP contribution in [-0.2, 0) is 11.3 Å². The molecule has 1 amide bonds. The molecule has 0 saturated carbocycles. The Morgan fingerprint density at radius 3 is 2.46 bits per heavy atom. The monoisotopic (exact) mass is 372 g/mol. The number of carbonyl (C=O) groups excluding carboxylic acids is 1.